The van der Waals surface area contributed by atoms with Crippen LogP contribution in [0.3, 0.4) is 0 Å². The summed E-state index contributed by atoms with van der Waals surface area (Å²) in [5.74, 6) is 0.745. The highest BCUT2D eigenvalue weighted by Gasteiger charge is 2.03. The zero-order valence-electron chi connectivity index (χ0n) is 8.81. The number of hydrogen-bond acceptors (Lipinski definition) is 2. The van der Waals surface area contributed by atoms with Gasteiger partial charge in [-0.05, 0) is 11.8 Å². The van der Waals surface area contributed by atoms with E-state index >= 15 is 0 Å². The average Bonchev–Trinajstić information content (AvgIpc) is 2.18. The summed E-state index contributed by atoms with van der Waals surface area (Å²) < 4.78 is 0. The predicted octanol–water partition coefficient (Wildman–Crippen LogP) is 1.53. The molecule has 2 atom stereocenters. The highest BCUT2D eigenvalue weighted by molar-refractivity contribution is 6.29. The second-order valence-corrected chi connectivity index (χ2v) is 4.26. The third-order valence-electron chi connectivity index (χ3n) is 2.43. The smallest absolute Gasteiger partial charge is 0.139 e. The van der Waals surface area contributed by atoms with Crippen LogP contribution in [0.2, 0.25) is 5.15 Å². The lowest BCUT2D eigenvalue weighted by Gasteiger charge is -2.06. The number of allylic oxidation sites excluding steroid dienone is 2. The standard InChI is InChI=1S/C12H13ClN2/c1-8-3-4-9(2)6-11-10(5-8)12(13)15-7-14-11/h3-9H,1-2H3/b4-3-,10-5+,11-6+. The maximum absolute atomic E-state index is 6.05. The van der Waals surface area contributed by atoms with E-state index in [2.05, 4.69) is 48.1 Å². The van der Waals surface area contributed by atoms with Crippen molar-refractivity contribution in [1.29, 1.82) is 0 Å². The van der Waals surface area contributed by atoms with E-state index in [9.17, 15) is 0 Å². The molecule has 1 aliphatic rings. The predicted molar refractivity (Wildman–Crippen MR) is 62.7 cm³/mol. The first-order chi connectivity index (χ1) is 7.16. The van der Waals surface area contributed by atoms with Crippen molar-refractivity contribution in [3.8, 4) is 0 Å². The Balaban J connectivity index is 2.77. The molecule has 0 saturated heterocycles. The Hall–Kier alpha value is -1.15. The van der Waals surface area contributed by atoms with Crippen molar-refractivity contribution in [2.45, 2.75) is 13.8 Å². The summed E-state index contributed by atoms with van der Waals surface area (Å²) in [4.78, 5) is 8.25. The van der Waals surface area contributed by atoms with Crippen LogP contribution >= 0.6 is 11.6 Å². The maximum atomic E-state index is 6.05. The molecule has 3 heteroatoms. The van der Waals surface area contributed by atoms with Crippen molar-refractivity contribution in [1.82, 2.24) is 9.97 Å². The molecule has 2 nitrogen and oxygen atoms in total. The molecule has 0 radical (unpaired) electrons. The lowest BCUT2D eigenvalue weighted by Crippen LogP contribution is -2.32. The molecule has 2 rings (SSSR count). The minimum absolute atomic E-state index is 0.364. The van der Waals surface area contributed by atoms with Crippen molar-refractivity contribution in [3.05, 3.63) is 34.2 Å². The summed E-state index contributed by atoms with van der Waals surface area (Å²) in [5, 5.41) is 2.41. The Kier molecular flexibility index (Phi) is 2.87. The number of fused-ring (bicyclic) bond motifs is 1. The van der Waals surface area contributed by atoms with Gasteiger partial charge in [0.05, 0.1) is 5.35 Å². The third kappa shape index (κ3) is 2.26. The molecule has 0 fully saturated rings. The van der Waals surface area contributed by atoms with Crippen LogP contribution in [-0.2, 0) is 0 Å². The van der Waals surface area contributed by atoms with Gasteiger partial charge in [0.1, 0.15) is 11.5 Å². The molecule has 15 heavy (non-hydrogen) atoms. The van der Waals surface area contributed by atoms with E-state index < -0.39 is 0 Å². The minimum atomic E-state index is 0.364. The molecule has 0 spiro atoms. The van der Waals surface area contributed by atoms with E-state index in [1.54, 1.807) is 0 Å². The molecule has 0 N–H and O–H groups in total. The molecule has 1 aromatic heterocycles. The summed E-state index contributed by atoms with van der Waals surface area (Å²) >= 11 is 6.05. The molecule has 1 aromatic rings. The van der Waals surface area contributed by atoms with Crippen LogP contribution in [0.5, 0.6) is 0 Å². The topological polar surface area (TPSA) is 25.8 Å². The first kappa shape index (κ1) is 10.4. The molecular formula is C12H13ClN2. The van der Waals surface area contributed by atoms with Crippen molar-refractivity contribution in [2.75, 3.05) is 0 Å². The zero-order valence-corrected chi connectivity index (χ0v) is 9.57. The maximum Gasteiger partial charge on any atom is 0.139 e. The van der Waals surface area contributed by atoms with Gasteiger partial charge in [-0.2, -0.15) is 0 Å². The van der Waals surface area contributed by atoms with E-state index in [-0.39, 0.29) is 0 Å². The largest absolute Gasteiger partial charge is 0.237 e. The van der Waals surface area contributed by atoms with Gasteiger partial charge in [0.15, 0.2) is 0 Å². The number of halogens is 1. The Morgan fingerprint density at radius 2 is 1.73 bits per heavy atom. The van der Waals surface area contributed by atoms with Crippen LogP contribution in [0.25, 0.3) is 12.2 Å². The quantitative estimate of drug-likeness (QED) is 0.490. The number of aromatic nitrogens is 2. The van der Waals surface area contributed by atoms with E-state index in [1.807, 2.05) is 0 Å². The van der Waals surface area contributed by atoms with Crippen LogP contribution < -0.4 is 10.6 Å². The van der Waals surface area contributed by atoms with E-state index in [1.165, 1.54) is 6.33 Å². The first-order valence-electron chi connectivity index (χ1n) is 5.05. The van der Waals surface area contributed by atoms with Gasteiger partial charge in [-0.15, -0.1) is 0 Å². The second-order valence-electron chi connectivity index (χ2n) is 3.90. The molecule has 1 heterocycles. The summed E-state index contributed by atoms with van der Waals surface area (Å²) in [6, 6.07) is 0. The SMILES string of the molecule is CC1/C=C\C(C)/C=c2/c(Cl)ncn/c2=C/1. The number of hydrogen-bond donors (Lipinski definition) is 0. The fourth-order valence-corrected chi connectivity index (χ4v) is 1.85. The average molecular weight is 221 g/mol. The Bertz CT molecular complexity index is 505. The van der Waals surface area contributed by atoms with Gasteiger partial charge in [-0.1, -0.05) is 49.8 Å². The fourth-order valence-electron chi connectivity index (χ4n) is 1.65. The summed E-state index contributed by atoms with van der Waals surface area (Å²) in [5.41, 5.74) is 0. The van der Waals surface area contributed by atoms with Crippen LogP contribution in [0, 0.1) is 11.8 Å². The van der Waals surface area contributed by atoms with Crippen LogP contribution in [0.4, 0.5) is 0 Å². The third-order valence-corrected chi connectivity index (χ3v) is 2.74. The van der Waals surface area contributed by atoms with Gasteiger partial charge in [0.2, 0.25) is 0 Å². The van der Waals surface area contributed by atoms with Crippen LogP contribution in [0.1, 0.15) is 13.8 Å². The van der Waals surface area contributed by atoms with Gasteiger partial charge < -0.3 is 0 Å². The molecular weight excluding hydrogens is 208 g/mol. The van der Waals surface area contributed by atoms with Gasteiger partial charge in [-0.3, -0.25) is 0 Å². The molecule has 0 aliphatic heterocycles. The number of nitrogens with zero attached hydrogens (tertiary/aromatic N) is 2. The van der Waals surface area contributed by atoms with Crippen molar-refractivity contribution < 1.29 is 0 Å². The first-order valence-corrected chi connectivity index (χ1v) is 5.43. The van der Waals surface area contributed by atoms with Crippen molar-refractivity contribution in [2.24, 2.45) is 11.8 Å². The normalized spacial score (nSPS) is 31.1. The molecule has 0 saturated carbocycles. The van der Waals surface area contributed by atoms with Gasteiger partial charge in [0, 0.05) is 5.22 Å². The van der Waals surface area contributed by atoms with Crippen LogP contribution in [0.15, 0.2) is 18.5 Å². The lowest BCUT2D eigenvalue weighted by molar-refractivity contribution is 0.912. The summed E-state index contributed by atoms with van der Waals surface area (Å²) in [7, 11) is 0. The van der Waals surface area contributed by atoms with Gasteiger partial charge in [-0.25, -0.2) is 9.97 Å². The fraction of sp³-hybridized carbons (Fsp3) is 0.333. The molecule has 78 valence electrons. The van der Waals surface area contributed by atoms with Gasteiger partial charge in [0.25, 0.3) is 0 Å². The Morgan fingerprint density at radius 1 is 1.07 bits per heavy atom. The monoisotopic (exact) mass is 220 g/mol. The highest BCUT2D eigenvalue weighted by atomic mass is 35.5. The molecule has 1 aliphatic carbocycles. The molecule has 0 aromatic carbocycles. The second kappa shape index (κ2) is 4.15. The minimum Gasteiger partial charge on any atom is -0.237 e. The molecule has 2 unspecified atom stereocenters. The van der Waals surface area contributed by atoms with Crippen LogP contribution in [-0.4, -0.2) is 9.97 Å². The summed E-state index contributed by atoms with van der Waals surface area (Å²) in [6.07, 6.45) is 10.1. The number of rotatable bonds is 0. The van der Waals surface area contributed by atoms with Crippen molar-refractivity contribution >= 4 is 23.8 Å². The Morgan fingerprint density at radius 3 is 2.47 bits per heavy atom. The van der Waals surface area contributed by atoms with E-state index in [0.717, 1.165) is 10.6 Å². The highest BCUT2D eigenvalue weighted by Crippen LogP contribution is 2.07. The van der Waals surface area contributed by atoms with E-state index in [4.69, 9.17) is 11.6 Å². The zero-order chi connectivity index (χ0) is 10.8. The van der Waals surface area contributed by atoms with E-state index in [0.29, 0.717) is 17.0 Å². The lowest BCUT2D eigenvalue weighted by atomic mass is 10.0. The van der Waals surface area contributed by atoms with Crippen molar-refractivity contribution in [3.63, 3.8) is 0 Å². The molecule has 0 amide bonds. The Labute approximate surface area is 94.0 Å². The summed E-state index contributed by atoms with van der Waals surface area (Å²) in [6.45, 7) is 4.26. The van der Waals surface area contributed by atoms with Gasteiger partial charge >= 0.3 is 0 Å². The molecule has 0 bridgehead atoms.